The molecule has 0 atom stereocenters. The number of hydrogen-bond acceptors (Lipinski definition) is 2. The summed E-state index contributed by atoms with van der Waals surface area (Å²) in [4.78, 5) is 3.18. The Kier molecular flexibility index (Phi) is 3.75. The molecule has 0 bridgehead atoms. The van der Waals surface area contributed by atoms with Crippen LogP contribution < -0.4 is 4.74 Å². The molecule has 3 aromatic rings. The number of aromatic amines is 1. The van der Waals surface area contributed by atoms with E-state index in [1.54, 1.807) is 19.2 Å². The molecule has 108 valence electrons. The third-order valence-corrected chi connectivity index (χ3v) is 3.85. The van der Waals surface area contributed by atoms with Gasteiger partial charge >= 0.3 is 0 Å². The summed E-state index contributed by atoms with van der Waals surface area (Å²) in [7, 11) is 1.64. The smallest absolute Gasteiger partial charge is 0.178 e. The number of para-hydroxylation sites is 1. The molecule has 21 heavy (non-hydrogen) atoms. The van der Waals surface area contributed by atoms with E-state index in [0.29, 0.717) is 4.77 Å². The fourth-order valence-electron chi connectivity index (χ4n) is 2.44. The lowest BCUT2D eigenvalue weighted by Gasteiger charge is -2.06. The van der Waals surface area contributed by atoms with Crippen molar-refractivity contribution in [1.82, 2.24) is 9.55 Å². The Hall–Kier alpha value is -2.14. The van der Waals surface area contributed by atoms with Gasteiger partial charge in [0.1, 0.15) is 17.1 Å². The summed E-state index contributed by atoms with van der Waals surface area (Å²) in [5.74, 6) is 0.561. The summed E-state index contributed by atoms with van der Waals surface area (Å²) in [5, 5.41) is 0. The second-order valence-corrected chi connectivity index (χ2v) is 5.20. The van der Waals surface area contributed by atoms with Crippen LogP contribution in [0.25, 0.3) is 11.0 Å². The van der Waals surface area contributed by atoms with Crippen LogP contribution in [0.1, 0.15) is 5.56 Å². The van der Waals surface area contributed by atoms with Crippen LogP contribution in [-0.4, -0.2) is 16.7 Å². The largest absolute Gasteiger partial charge is 0.494 e. The highest BCUT2D eigenvalue weighted by atomic mass is 32.1. The zero-order valence-electron chi connectivity index (χ0n) is 11.6. The molecule has 3 nitrogen and oxygen atoms in total. The maximum absolute atomic E-state index is 12.9. The number of benzene rings is 2. The van der Waals surface area contributed by atoms with E-state index < -0.39 is 0 Å². The molecule has 0 fully saturated rings. The van der Waals surface area contributed by atoms with Gasteiger partial charge in [-0.15, -0.1) is 0 Å². The number of fused-ring (bicyclic) bond motifs is 1. The van der Waals surface area contributed by atoms with Gasteiger partial charge in [0.25, 0.3) is 0 Å². The number of ether oxygens (including phenoxy) is 1. The molecule has 0 unspecified atom stereocenters. The van der Waals surface area contributed by atoms with Crippen LogP contribution in [0.5, 0.6) is 5.75 Å². The Morgan fingerprint density at radius 3 is 2.67 bits per heavy atom. The Bertz CT molecular complexity index is 820. The van der Waals surface area contributed by atoms with Gasteiger partial charge in [0.05, 0.1) is 12.6 Å². The summed E-state index contributed by atoms with van der Waals surface area (Å²) in [6.45, 7) is 0.734. The quantitative estimate of drug-likeness (QED) is 0.736. The molecule has 0 saturated heterocycles. The summed E-state index contributed by atoms with van der Waals surface area (Å²) < 4.78 is 21.0. The van der Waals surface area contributed by atoms with E-state index in [2.05, 4.69) is 4.98 Å². The summed E-state index contributed by atoms with van der Waals surface area (Å²) >= 11 is 5.39. The average molecular weight is 302 g/mol. The van der Waals surface area contributed by atoms with Crippen LogP contribution in [0.3, 0.4) is 0 Å². The van der Waals surface area contributed by atoms with Crippen LogP contribution in [0.4, 0.5) is 4.39 Å². The summed E-state index contributed by atoms with van der Waals surface area (Å²) in [5.41, 5.74) is 3.00. The molecule has 1 N–H and O–H groups in total. The van der Waals surface area contributed by atoms with E-state index in [4.69, 9.17) is 17.0 Å². The maximum Gasteiger partial charge on any atom is 0.178 e. The Balaban J connectivity index is 1.92. The van der Waals surface area contributed by atoms with Crippen molar-refractivity contribution >= 4 is 23.3 Å². The number of methoxy groups -OCH3 is 1. The van der Waals surface area contributed by atoms with Crippen LogP contribution >= 0.6 is 12.2 Å². The minimum atomic E-state index is -0.216. The van der Waals surface area contributed by atoms with Gasteiger partial charge in [0, 0.05) is 6.54 Å². The van der Waals surface area contributed by atoms with Gasteiger partial charge in [-0.2, -0.15) is 0 Å². The molecule has 1 heterocycles. The number of H-pyrrole nitrogens is 1. The number of nitrogens with one attached hydrogen (secondary N) is 1. The van der Waals surface area contributed by atoms with E-state index in [0.717, 1.165) is 35.3 Å². The monoisotopic (exact) mass is 302 g/mol. The topological polar surface area (TPSA) is 29.9 Å². The van der Waals surface area contributed by atoms with E-state index in [1.807, 2.05) is 22.8 Å². The first-order chi connectivity index (χ1) is 10.2. The molecule has 5 heteroatoms. The van der Waals surface area contributed by atoms with E-state index >= 15 is 0 Å². The number of aryl methyl sites for hydroxylation is 2. The maximum atomic E-state index is 12.9. The molecule has 0 aliphatic rings. The first kappa shape index (κ1) is 13.8. The van der Waals surface area contributed by atoms with Crippen molar-refractivity contribution in [2.75, 3.05) is 7.11 Å². The lowest BCUT2D eigenvalue weighted by Crippen LogP contribution is -2.01. The van der Waals surface area contributed by atoms with Crippen LogP contribution in [0.15, 0.2) is 42.5 Å². The second kappa shape index (κ2) is 5.69. The minimum Gasteiger partial charge on any atom is -0.494 e. The molecule has 0 aliphatic carbocycles. The lowest BCUT2D eigenvalue weighted by molar-refractivity contribution is 0.419. The predicted molar refractivity (Wildman–Crippen MR) is 83.8 cm³/mol. The van der Waals surface area contributed by atoms with Gasteiger partial charge in [0.15, 0.2) is 4.77 Å². The highest BCUT2D eigenvalue weighted by molar-refractivity contribution is 7.71. The van der Waals surface area contributed by atoms with E-state index in [-0.39, 0.29) is 5.82 Å². The van der Waals surface area contributed by atoms with Crippen molar-refractivity contribution in [3.8, 4) is 5.75 Å². The molecule has 2 aromatic carbocycles. The zero-order valence-corrected chi connectivity index (χ0v) is 12.4. The zero-order chi connectivity index (χ0) is 14.8. The first-order valence-electron chi connectivity index (χ1n) is 6.69. The fourth-order valence-corrected chi connectivity index (χ4v) is 2.73. The summed E-state index contributed by atoms with van der Waals surface area (Å²) in [6, 6.07) is 12.4. The molecule has 1 aromatic heterocycles. The first-order valence-corrected chi connectivity index (χ1v) is 7.10. The molecule has 0 spiro atoms. The van der Waals surface area contributed by atoms with Gasteiger partial charge in [-0.1, -0.05) is 18.2 Å². The van der Waals surface area contributed by atoms with E-state index in [9.17, 15) is 4.39 Å². The number of aromatic nitrogens is 2. The Morgan fingerprint density at radius 1 is 1.19 bits per heavy atom. The SMILES string of the molecule is COc1cccc2c1[nH]c(=S)n2CCc1ccc(F)cc1. The van der Waals surface area contributed by atoms with Crippen LogP contribution in [0, 0.1) is 10.6 Å². The van der Waals surface area contributed by atoms with Gasteiger partial charge in [-0.25, -0.2) is 4.39 Å². The number of hydrogen-bond donors (Lipinski definition) is 1. The molecule has 0 amide bonds. The molecular weight excluding hydrogens is 287 g/mol. The average Bonchev–Trinajstić information content (AvgIpc) is 2.82. The number of halogens is 1. The van der Waals surface area contributed by atoms with Gasteiger partial charge in [-0.3, -0.25) is 0 Å². The number of nitrogens with zero attached hydrogens (tertiary/aromatic N) is 1. The van der Waals surface area contributed by atoms with E-state index in [1.165, 1.54) is 12.1 Å². The number of rotatable bonds is 4. The second-order valence-electron chi connectivity index (χ2n) is 4.81. The normalized spacial score (nSPS) is 11.0. The molecule has 0 saturated carbocycles. The highest BCUT2D eigenvalue weighted by Crippen LogP contribution is 2.24. The Morgan fingerprint density at radius 2 is 1.95 bits per heavy atom. The predicted octanol–water partition coefficient (Wildman–Crippen LogP) is 4.09. The summed E-state index contributed by atoms with van der Waals surface area (Å²) in [6.07, 6.45) is 0.790. The minimum absolute atomic E-state index is 0.216. The standard InChI is InChI=1S/C16H15FN2OS/c1-20-14-4-2-3-13-15(14)18-16(21)19(13)10-9-11-5-7-12(17)8-6-11/h2-8H,9-10H2,1H3,(H,18,21). The van der Waals surface area contributed by atoms with Crippen molar-refractivity contribution < 1.29 is 9.13 Å². The van der Waals surface area contributed by atoms with Crippen LogP contribution in [0.2, 0.25) is 0 Å². The Labute approximate surface area is 127 Å². The molecule has 3 rings (SSSR count). The van der Waals surface area contributed by atoms with Crippen molar-refractivity contribution in [2.24, 2.45) is 0 Å². The van der Waals surface area contributed by atoms with Gasteiger partial charge in [0.2, 0.25) is 0 Å². The van der Waals surface area contributed by atoms with Crippen molar-refractivity contribution in [3.05, 3.63) is 58.6 Å². The highest BCUT2D eigenvalue weighted by Gasteiger charge is 2.08. The molecule has 0 aliphatic heterocycles. The molecular formula is C16H15FN2OS. The van der Waals surface area contributed by atoms with Crippen molar-refractivity contribution in [1.29, 1.82) is 0 Å². The third kappa shape index (κ3) is 2.69. The third-order valence-electron chi connectivity index (χ3n) is 3.53. The number of imidazole rings is 1. The van der Waals surface area contributed by atoms with Crippen molar-refractivity contribution in [2.45, 2.75) is 13.0 Å². The van der Waals surface area contributed by atoms with Gasteiger partial charge in [-0.05, 0) is 48.5 Å². The lowest BCUT2D eigenvalue weighted by atomic mass is 10.1. The molecule has 0 radical (unpaired) electrons. The van der Waals surface area contributed by atoms with Crippen LogP contribution in [-0.2, 0) is 13.0 Å². The van der Waals surface area contributed by atoms with Gasteiger partial charge < -0.3 is 14.3 Å². The van der Waals surface area contributed by atoms with Crippen molar-refractivity contribution in [3.63, 3.8) is 0 Å². The fraction of sp³-hybridized carbons (Fsp3) is 0.188.